The molecular weight excluding hydrogens is 287 g/mol. The van der Waals surface area contributed by atoms with Crippen molar-refractivity contribution in [2.45, 2.75) is 22.9 Å². The van der Waals surface area contributed by atoms with Crippen LogP contribution >= 0.6 is 11.8 Å². The number of rotatable bonds is 3. The summed E-state index contributed by atoms with van der Waals surface area (Å²) in [5.41, 5.74) is 1.42. The predicted octanol–water partition coefficient (Wildman–Crippen LogP) is 3.97. The van der Waals surface area contributed by atoms with E-state index in [2.05, 4.69) is 9.97 Å². The molecule has 21 heavy (non-hydrogen) atoms. The minimum absolute atomic E-state index is 0.359. The lowest BCUT2D eigenvalue weighted by atomic mass is 10.1. The minimum Gasteiger partial charge on any atom is -0.389 e. The van der Waals surface area contributed by atoms with Gasteiger partial charge in [-0.15, -0.1) is 0 Å². The molecule has 0 unspecified atom stereocenters. The van der Waals surface area contributed by atoms with Crippen molar-refractivity contribution < 1.29 is 9.50 Å². The highest BCUT2D eigenvalue weighted by Crippen LogP contribution is 2.35. The van der Waals surface area contributed by atoms with E-state index in [1.807, 2.05) is 24.3 Å². The molecular formula is C16H13FN2OS. The van der Waals surface area contributed by atoms with E-state index in [-0.39, 0.29) is 5.82 Å². The molecule has 0 aliphatic rings. The summed E-state index contributed by atoms with van der Waals surface area (Å²) in [6.45, 7) is 1.62. The normalized spacial score (nSPS) is 12.5. The van der Waals surface area contributed by atoms with E-state index in [1.165, 1.54) is 30.2 Å². The second-order valence-corrected chi connectivity index (χ2v) is 5.69. The number of fused-ring (bicyclic) bond motifs is 1. The SMILES string of the molecule is C[C@@H](O)c1cc(F)ccc1Sc1ncnc2ccccc12. The first-order valence-electron chi connectivity index (χ1n) is 6.50. The van der Waals surface area contributed by atoms with Crippen molar-refractivity contribution in [2.24, 2.45) is 0 Å². The van der Waals surface area contributed by atoms with E-state index in [4.69, 9.17) is 0 Å². The number of para-hydroxylation sites is 1. The largest absolute Gasteiger partial charge is 0.389 e. The molecule has 0 fully saturated rings. The molecule has 0 aliphatic carbocycles. The summed E-state index contributed by atoms with van der Waals surface area (Å²) in [6.07, 6.45) is 0.771. The Hall–Kier alpha value is -1.98. The van der Waals surface area contributed by atoms with Gasteiger partial charge in [-0.05, 0) is 36.8 Å². The molecule has 0 saturated carbocycles. The van der Waals surface area contributed by atoms with Gasteiger partial charge in [0, 0.05) is 10.3 Å². The van der Waals surface area contributed by atoms with E-state index in [1.54, 1.807) is 13.0 Å². The maximum absolute atomic E-state index is 13.4. The maximum atomic E-state index is 13.4. The lowest BCUT2D eigenvalue weighted by Gasteiger charge is -2.12. The van der Waals surface area contributed by atoms with Gasteiger partial charge >= 0.3 is 0 Å². The highest BCUT2D eigenvalue weighted by atomic mass is 32.2. The fourth-order valence-corrected chi connectivity index (χ4v) is 3.18. The zero-order valence-corrected chi connectivity index (χ0v) is 12.1. The number of hydrogen-bond acceptors (Lipinski definition) is 4. The Labute approximate surface area is 125 Å². The van der Waals surface area contributed by atoms with Crippen molar-refractivity contribution in [1.29, 1.82) is 0 Å². The van der Waals surface area contributed by atoms with Crippen molar-refractivity contribution in [3.05, 3.63) is 60.2 Å². The summed E-state index contributed by atoms with van der Waals surface area (Å²) in [6, 6.07) is 12.1. The molecule has 1 heterocycles. The van der Waals surface area contributed by atoms with Crippen LogP contribution in [-0.4, -0.2) is 15.1 Å². The van der Waals surface area contributed by atoms with Crippen LogP contribution in [0, 0.1) is 5.82 Å². The third-order valence-electron chi connectivity index (χ3n) is 3.13. The Kier molecular flexibility index (Phi) is 3.86. The van der Waals surface area contributed by atoms with Crippen molar-refractivity contribution in [2.75, 3.05) is 0 Å². The van der Waals surface area contributed by atoms with Gasteiger partial charge in [0.2, 0.25) is 0 Å². The first-order valence-corrected chi connectivity index (χ1v) is 7.32. The lowest BCUT2D eigenvalue weighted by molar-refractivity contribution is 0.196. The number of benzene rings is 2. The fraction of sp³-hybridized carbons (Fsp3) is 0.125. The average Bonchev–Trinajstić information content (AvgIpc) is 2.49. The maximum Gasteiger partial charge on any atom is 0.123 e. The number of aromatic nitrogens is 2. The number of aliphatic hydroxyl groups is 1. The van der Waals surface area contributed by atoms with Crippen molar-refractivity contribution >= 4 is 22.7 Å². The third kappa shape index (κ3) is 2.89. The van der Waals surface area contributed by atoms with Gasteiger partial charge < -0.3 is 5.11 Å². The topological polar surface area (TPSA) is 46.0 Å². The number of hydrogen-bond donors (Lipinski definition) is 1. The van der Waals surface area contributed by atoms with Gasteiger partial charge in [-0.2, -0.15) is 0 Å². The summed E-state index contributed by atoms with van der Waals surface area (Å²) in [5, 5.41) is 11.5. The molecule has 3 aromatic rings. The van der Waals surface area contributed by atoms with Crippen molar-refractivity contribution in [3.8, 4) is 0 Å². The summed E-state index contributed by atoms with van der Waals surface area (Å²) in [5.74, 6) is -0.359. The first-order chi connectivity index (χ1) is 10.1. The molecule has 1 N–H and O–H groups in total. The van der Waals surface area contributed by atoms with E-state index in [0.29, 0.717) is 5.56 Å². The highest BCUT2D eigenvalue weighted by molar-refractivity contribution is 7.99. The summed E-state index contributed by atoms with van der Waals surface area (Å²) < 4.78 is 13.4. The first kappa shape index (κ1) is 14.0. The van der Waals surface area contributed by atoms with Crippen molar-refractivity contribution in [1.82, 2.24) is 9.97 Å². The standard InChI is InChI=1S/C16H13FN2OS/c1-10(20)13-8-11(17)6-7-15(13)21-16-12-4-2-3-5-14(12)18-9-19-16/h2-10,20H,1H3/t10-/m1/s1. The average molecular weight is 300 g/mol. The quantitative estimate of drug-likeness (QED) is 0.743. The summed E-state index contributed by atoms with van der Waals surface area (Å²) in [4.78, 5) is 9.31. The van der Waals surface area contributed by atoms with Crippen LogP contribution in [0.5, 0.6) is 0 Å². The molecule has 106 valence electrons. The molecule has 0 bridgehead atoms. The van der Waals surface area contributed by atoms with Crippen LogP contribution in [-0.2, 0) is 0 Å². The molecule has 0 amide bonds. The number of aliphatic hydroxyl groups excluding tert-OH is 1. The smallest absolute Gasteiger partial charge is 0.123 e. The van der Waals surface area contributed by atoms with Gasteiger partial charge in [0.25, 0.3) is 0 Å². The fourth-order valence-electron chi connectivity index (χ4n) is 2.10. The molecule has 0 saturated heterocycles. The monoisotopic (exact) mass is 300 g/mol. The molecule has 2 aromatic carbocycles. The van der Waals surface area contributed by atoms with Gasteiger partial charge in [-0.25, -0.2) is 14.4 Å². The van der Waals surface area contributed by atoms with Crippen molar-refractivity contribution in [3.63, 3.8) is 0 Å². The highest BCUT2D eigenvalue weighted by Gasteiger charge is 2.13. The Balaban J connectivity index is 2.07. The molecule has 3 nitrogen and oxygen atoms in total. The molecule has 1 atom stereocenters. The van der Waals surface area contributed by atoms with Gasteiger partial charge in [0.1, 0.15) is 17.2 Å². The second kappa shape index (κ2) is 5.79. The van der Waals surface area contributed by atoms with E-state index in [0.717, 1.165) is 20.8 Å². The van der Waals surface area contributed by atoms with Crippen LogP contribution in [0.1, 0.15) is 18.6 Å². The van der Waals surface area contributed by atoms with Gasteiger partial charge in [0.05, 0.1) is 11.6 Å². The van der Waals surface area contributed by atoms with Crippen LogP contribution in [0.3, 0.4) is 0 Å². The molecule has 0 aliphatic heterocycles. The van der Waals surface area contributed by atoms with Crippen LogP contribution in [0.25, 0.3) is 10.9 Å². The van der Waals surface area contributed by atoms with Gasteiger partial charge in [-0.3, -0.25) is 0 Å². The van der Waals surface area contributed by atoms with E-state index < -0.39 is 6.10 Å². The van der Waals surface area contributed by atoms with Crippen LogP contribution in [0.4, 0.5) is 4.39 Å². The van der Waals surface area contributed by atoms with Gasteiger partial charge in [0.15, 0.2) is 0 Å². The zero-order valence-electron chi connectivity index (χ0n) is 11.3. The lowest BCUT2D eigenvalue weighted by Crippen LogP contribution is -1.96. The summed E-state index contributed by atoms with van der Waals surface area (Å²) in [7, 11) is 0. The molecule has 3 rings (SSSR count). The summed E-state index contributed by atoms with van der Waals surface area (Å²) >= 11 is 1.40. The predicted molar refractivity (Wildman–Crippen MR) is 80.7 cm³/mol. The zero-order chi connectivity index (χ0) is 14.8. The minimum atomic E-state index is -0.740. The van der Waals surface area contributed by atoms with E-state index >= 15 is 0 Å². The second-order valence-electron chi connectivity index (χ2n) is 4.66. The van der Waals surface area contributed by atoms with Gasteiger partial charge in [-0.1, -0.05) is 30.0 Å². The third-order valence-corrected chi connectivity index (χ3v) is 4.25. The van der Waals surface area contributed by atoms with Crippen LogP contribution in [0.2, 0.25) is 0 Å². The molecule has 0 radical (unpaired) electrons. The molecule has 1 aromatic heterocycles. The van der Waals surface area contributed by atoms with Crippen LogP contribution in [0.15, 0.2) is 58.7 Å². The Morgan fingerprint density at radius 3 is 2.76 bits per heavy atom. The Bertz CT molecular complexity index is 787. The molecule has 0 spiro atoms. The van der Waals surface area contributed by atoms with Crippen LogP contribution < -0.4 is 0 Å². The molecule has 5 heteroatoms. The Morgan fingerprint density at radius 2 is 1.95 bits per heavy atom. The number of nitrogens with zero attached hydrogens (tertiary/aromatic N) is 2. The Morgan fingerprint density at radius 1 is 1.14 bits per heavy atom. The number of halogens is 1. The van der Waals surface area contributed by atoms with E-state index in [9.17, 15) is 9.50 Å².